The third kappa shape index (κ3) is 7.09. The number of benzene rings is 2. The number of hydrogen-bond donors (Lipinski definition) is 1. The Morgan fingerprint density at radius 2 is 1.76 bits per heavy atom. The van der Waals surface area contributed by atoms with Gasteiger partial charge in [0.2, 0.25) is 10.0 Å². The number of carbonyl (C=O) groups excluding carboxylic acids is 1. The number of carboxylic acids is 1. The van der Waals surface area contributed by atoms with Gasteiger partial charge in [0, 0.05) is 17.5 Å². The number of carboxylic acid groups (broad SMARTS) is 1. The van der Waals surface area contributed by atoms with Crippen LogP contribution in [0.25, 0.3) is 0 Å². The molecule has 3 rings (SSSR count). The van der Waals surface area contributed by atoms with Gasteiger partial charge in [0.1, 0.15) is 0 Å². The number of carbonyl (C=O) groups is 1. The topological polar surface area (TPSA) is 86.3 Å². The zero-order chi connectivity index (χ0) is 20.1. The van der Waals surface area contributed by atoms with Gasteiger partial charge < -0.3 is 9.90 Å². The second kappa shape index (κ2) is 10.9. The van der Waals surface area contributed by atoms with Gasteiger partial charge in [-0.1, -0.05) is 29.8 Å². The van der Waals surface area contributed by atoms with Crippen LogP contribution in [0.2, 0.25) is 5.02 Å². The van der Waals surface area contributed by atoms with E-state index in [-0.39, 0.29) is 46.8 Å². The molecule has 1 N–H and O–H groups in total. The number of sulfonamides is 1. The Morgan fingerprint density at radius 3 is 2.45 bits per heavy atom. The number of rotatable bonds is 9. The van der Waals surface area contributed by atoms with Gasteiger partial charge in [-0.3, -0.25) is 0 Å². The normalized spacial score (nSPS) is 15.6. The fourth-order valence-corrected chi connectivity index (χ4v) is 4.83. The first-order valence-corrected chi connectivity index (χ1v) is 11.3. The quantitative estimate of drug-likeness (QED) is 0.418. The first-order chi connectivity index (χ1) is 13.3. The van der Waals surface area contributed by atoms with Gasteiger partial charge in [-0.15, -0.1) is 0 Å². The number of unbranched alkanes of at least 4 members (excludes halogenated alkanes) is 1. The van der Waals surface area contributed by atoms with Gasteiger partial charge in [0.25, 0.3) is 0 Å². The fourth-order valence-electron chi connectivity index (χ4n) is 3.59. The number of aryl methyl sites for hydroxylation is 1. The maximum absolute atomic E-state index is 12.4. The summed E-state index contributed by atoms with van der Waals surface area (Å²) in [5.74, 6) is -0.775. The van der Waals surface area contributed by atoms with Crippen LogP contribution < -0.4 is 39.4 Å². The smallest absolute Gasteiger partial charge is 0.550 e. The number of hydrogen-bond acceptors (Lipinski definition) is 4. The number of aliphatic carboxylic acids is 1. The molecule has 0 amide bonds. The summed E-state index contributed by atoms with van der Waals surface area (Å²) in [4.78, 5) is 10.7. The van der Waals surface area contributed by atoms with Gasteiger partial charge in [0.05, 0.1) is 4.90 Å². The predicted octanol–water partition coefficient (Wildman–Crippen LogP) is -0.500. The predicted molar refractivity (Wildman–Crippen MR) is 107 cm³/mol. The number of nitrogens with one attached hydrogen (secondary N) is 1. The molecule has 150 valence electrons. The van der Waals surface area contributed by atoms with Crippen LogP contribution in [0.3, 0.4) is 0 Å². The molecule has 2 aromatic carbocycles. The molecule has 0 aromatic heterocycles. The van der Waals surface area contributed by atoms with E-state index in [0.29, 0.717) is 18.0 Å². The molecule has 0 saturated carbocycles. The summed E-state index contributed by atoms with van der Waals surface area (Å²) in [6.45, 7) is 0.389. The van der Waals surface area contributed by atoms with Crippen molar-refractivity contribution >= 4 is 27.6 Å². The van der Waals surface area contributed by atoms with Gasteiger partial charge in [-0.2, -0.15) is 0 Å². The van der Waals surface area contributed by atoms with Gasteiger partial charge >= 0.3 is 29.6 Å². The molecule has 1 aliphatic rings. The van der Waals surface area contributed by atoms with Crippen LogP contribution in [0.4, 0.5) is 0 Å². The Hall–Kier alpha value is -0.890. The van der Waals surface area contributed by atoms with Crippen LogP contribution in [0.15, 0.2) is 47.4 Å². The summed E-state index contributed by atoms with van der Waals surface area (Å²) in [5.41, 5.74) is 3.71. The minimum atomic E-state index is -3.54. The second-order valence-electron chi connectivity index (χ2n) is 7.26. The van der Waals surface area contributed by atoms with Crippen LogP contribution in [-0.4, -0.2) is 20.9 Å². The van der Waals surface area contributed by atoms with Crippen LogP contribution in [0, 0.1) is 5.92 Å². The summed E-state index contributed by atoms with van der Waals surface area (Å²) in [7, 11) is -3.54. The summed E-state index contributed by atoms with van der Waals surface area (Å²) < 4.78 is 27.5. The molecule has 8 heteroatoms. The van der Waals surface area contributed by atoms with Crippen molar-refractivity contribution in [2.24, 2.45) is 5.92 Å². The Bertz CT molecular complexity index is 948. The SMILES string of the molecule is O=C([O-])CCCCc1ccc2c(c1)CC(CNS(=O)(=O)c1ccc(Cl)cc1)C2.[Na+]. The second-order valence-corrected chi connectivity index (χ2v) is 9.47. The van der Waals surface area contributed by atoms with E-state index < -0.39 is 16.0 Å². The molecule has 5 nitrogen and oxygen atoms in total. The number of fused-ring (bicyclic) bond motifs is 1. The van der Waals surface area contributed by atoms with Crippen LogP contribution in [0.1, 0.15) is 36.0 Å². The molecular formula is C21H23ClNNaO4S. The van der Waals surface area contributed by atoms with E-state index >= 15 is 0 Å². The van der Waals surface area contributed by atoms with E-state index in [1.807, 2.05) is 0 Å². The summed E-state index contributed by atoms with van der Waals surface area (Å²) in [6.07, 6.45) is 4.07. The van der Waals surface area contributed by atoms with E-state index in [0.717, 1.165) is 25.7 Å². The molecule has 29 heavy (non-hydrogen) atoms. The van der Waals surface area contributed by atoms with Gasteiger partial charge in [-0.25, -0.2) is 13.1 Å². The maximum Gasteiger partial charge on any atom is 1.00 e. The summed E-state index contributed by atoms with van der Waals surface area (Å²) >= 11 is 5.82. The molecule has 0 saturated heterocycles. The third-order valence-electron chi connectivity index (χ3n) is 5.07. The molecule has 0 spiro atoms. The zero-order valence-corrected chi connectivity index (χ0v) is 20.1. The Labute approximate surface area is 199 Å². The average Bonchev–Trinajstić information content (AvgIpc) is 3.06. The molecule has 0 aliphatic heterocycles. The number of halogens is 1. The summed E-state index contributed by atoms with van der Waals surface area (Å²) in [6, 6.07) is 12.5. The van der Waals surface area contributed by atoms with Crippen LogP contribution in [-0.2, 0) is 34.1 Å². The Balaban J connectivity index is 0.00000300. The first kappa shape index (κ1) is 24.4. The van der Waals surface area contributed by atoms with Crippen molar-refractivity contribution in [3.05, 3.63) is 64.2 Å². The van der Waals surface area contributed by atoms with E-state index in [1.165, 1.54) is 28.8 Å². The maximum atomic E-state index is 12.4. The van der Waals surface area contributed by atoms with Crippen molar-refractivity contribution in [2.45, 2.75) is 43.4 Å². The third-order valence-corrected chi connectivity index (χ3v) is 6.76. The zero-order valence-electron chi connectivity index (χ0n) is 16.5. The van der Waals surface area contributed by atoms with E-state index in [2.05, 4.69) is 22.9 Å². The van der Waals surface area contributed by atoms with Crippen molar-refractivity contribution in [3.8, 4) is 0 Å². The first-order valence-electron chi connectivity index (χ1n) is 9.39. The van der Waals surface area contributed by atoms with Gasteiger partial charge in [-0.05, 0) is 85.4 Å². The van der Waals surface area contributed by atoms with E-state index in [9.17, 15) is 18.3 Å². The molecule has 0 radical (unpaired) electrons. The Morgan fingerprint density at radius 1 is 1.07 bits per heavy atom. The van der Waals surface area contributed by atoms with E-state index in [4.69, 9.17) is 11.6 Å². The van der Waals surface area contributed by atoms with Crippen LogP contribution in [0.5, 0.6) is 0 Å². The van der Waals surface area contributed by atoms with Crippen molar-refractivity contribution in [2.75, 3.05) is 6.54 Å². The van der Waals surface area contributed by atoms with E-state index in [1.54, 1.807) is 12.1 Å². The minimum Gasteiger partial charge on any atom is -0.550 e. The summed E-state index contributed by atoms with van der Waals surface area (Å²) in [5, 5.41) is 11.0. The van der Waals surface area contributed by atoms with Gasteiger partial charge in [0.15, 0.2) is 0 Å². The molecule has 1 aliphatic carbocycles. The largest absolute Gasteiger partial charge is 1.00 e. The monoisotopic (exact) mass is 443 g/mol. The standard InChI is InChI=1S/C21H24ClNO4S.Na/c22-19-7-9-20(10-8-19)28(26,27)23-14-16-12-17-6-5-15(11-18(17)13-16)3-1-2-4-21(24)25;/h5-11,16,23H,1-4,12-14H2,(H,24,25);/q;+1/p-1. The van der Waals surface area contributed by atoms with Crippen molar-refractivity contribution < 1.29 is 47.9 Å². The molecule has 1 atom stereocenters. The minimum absolute atomic E-state index is 0. The molecule has 2 aromatic rings. The van der Waals surface area contributed by atoms with Crippen molar-refractivity contribution in [1.29, 1.82) is 0 Å². The molecule has 0 bridgehead atoms. The van der Waals surface area contributed by atoms with Crippen molar-refractivity contribution in [1.82, 2.24) is 4.72 Å². The molecule has 0 heterocycles. The van der Waals surface area contributed by atoms with Crippen LogP contribution >= 0.6 is 11.6 Å². The fraction of sp³-hybridized carbons (Fsp3) is 0.381. The molecule has 1 unspecified atom stereocenters. The average molecular weight is 444 g/mol. The molecular weight excluding hydrogens is 421 g/mol. The Kier molecular flexibility index (Phi) is 9.19. The van der Waals surface area contributed by atoms with Crippen molar-refractivity contribution in [3.63, 3.8) is 0 Å². The molecule has 0 fully saturated rings.